The zero-order valence-electron chi connectivity index (χ0n) is 14.1. The summed E-state index contributed by atoms with van der Waals surface area (Å²) in [4.78, 5) is 14.1. The molecule has 0 atom stereocenters. The summed E-state index contributed by atoms with van der Waals surface area (Å²) in [5, 5.41) is 11.4. The van der Waals surface area contributed by atoms with Crippen molar-refractivity contribution in [3.63, 3.8) is 0 Å². The average Bonchev–Trinajstić information content (AvgIpc) is 3.08. The summed E-state index contributed by atoms with van der Waals surface area (Å²) in [7, 11) is 0. The van der Waals surface area contributed by atoms with Crippen LogP contribution in [0, 0.1) is 11.7 Å². The Morgan fingerprint density at radius 2 is 2.04 bits per heavy atom. The molecule has 1 saturated heterocycles. The maximum atomic E-state index is 12.9. The van der Waals surface area contributed by atoms with Gasteiger partial charge in [-0.15, -0.1) is 10.2 Å². The third-order valence-corrected chi connectivity index (χ3v) is 4.99. The predicted molar refractivity (Wildman–Crippen MR) is 93.7 cm³/mol. The Hall–Kier alpha value is -2.09. The number of anilines is 1. The number of benzene rings is 1. The molecule has 1 aromatic heterocycles. The van der Waals surface area contributed by atoms with Crippen LogP contribution in [0.1, 0.15) is 25.7 Å². The third-order valence-electron chi connectivity index (χ3n) is 4.19. The Kier molecular flexibility index (Phi) is 5.91. The average molecular weight is 364 g/mol. The Bertz CT molecular complexity index is 699. The number of nitrogens with one attached hydrogen (secondary N) is 1. The number of thioether (sulfide) groups is 1. The zero-order chi connectivity index (χ0) is 17.6. The lowest BCUT2D eigenvalue weighted by atomic mass is 9.99. The van der Waals surface area contributed by atoms with Gasteiger partial charge in [-0.05, 0) is 43.0 Å². The number of hydrogen-bond acceptors (Lipinski definition) is 6. The van der Waals surface area contributed by atoms with Gasteiger partial charge in [0.2, 0.25) is 11.8 Å². The van der Waals surface area contributed by atoms with E-state index in [0.717, 1.165) is 31.6 Å². The van der Waals surface area contributed by atoms with E-state index >= 15 is 0 Å². The molecule has 1 N–H and O–H groups in total. The standard InChI is InChI=1S/C17H21FN4O2S/c1-12-6-8-22(9-7-12)16(23)11-25-17-21-20-15(24-17)10-19-14-4-2-13(18)3-5-14/h2-5,12,19H,6-11H2,1H3. The van der Waals surface area contributed by atoms with Crippen molar-refractivity contribution in [2.45, 2.75) is 31.5 Å². The van der Waals surface area contributed by atoms with Crippen LogP contribution in [0.3, 0.4) is 0 Å². The molecule has 0 aliphatic carbocycles. The van der Waals surface area contributed by atoms with Crippen LogP contribution in [0.5, 0.6) is 0 Å². The molecule has 0 radical (unpaired) electrons. The van der Waals surface area contributed by atoms with Gasteiger partial charge in [0.15, 0.2) is 0 Å². The number of carbonyl (C=O) groups excluding carboxylic acids is 1. The summed E-state index contributed by atoms with van der Waals surface area (Å²) in [6, 6.07) is 6.04. The first kappa shape index (κ1) is 17.7. The summed E-state index contributed by atoms with van der Waals surface area (Å²) in [6.45, 7) is 4.22. The van der Waals surface area contributed by atoms with E-state index in [0.29, 0.717) is 29.3 Å². The number of aromatic nitrogens is 2. The molecule has 0 saturated carbocycles. The Balaban J connectivity index is 1.43. The summed E-state index contributed by atoms with van der Waals surface area (Å²) in [5.41, 5.74) is 0.767. The number of likely N-dealkylation sites (tertiary alicyclic amines) is 1. The molecule has 1 aliphatic rings. The van der Waals surface area contributed by atoms with Crippen LogP contribution in [-0.2, 0) is 11.3 Å². The molecular formula is C17H21FN4O2S. The van der Waals surface area contributed by atoms with Crippen molar-refractivity contribution in [3.8, 4) is 0 Å². The number of hydrogen-bond donors (Lipinski definition) is 1. The molecule has 3 rings (SSSR count). The molecule has 1 amide bonds. The van der Waals surface area contributed by atoms with Crippen molar-refractivity contribution < 1.29 is 13.6 Å². The molecule has 1 aliphatic heterocycles. The van der Waals surface area contributed by atoms with Crippen molar-refractivity contribution in [2.75, 3.05) is 24.2 Å². The highest BCUT2D eigenvalue weighted by atomic mass is 32.2. The summed E-state index contributed by atoms with van der Waals surface area (Å²) < 4.78 is 18.4. The number of amides is 1. The number of nitrogens with zero attached hydrogens (tertiary/aromatic N) is 3. The van der Waals surface area contributed by atoms with Gasteiger partial charge >= 0.3 is 0 Å². The van der Waals surface area contributed by atoms with Crippen LogP contribution in [0.2, 0.25) is 0 Å². The Labute approximate surface area is 150 Å². The minimum atomic E-state index is -0.283. The van der Waals surface area contributed by atoms with Crippen molar-refractivity contribution in [1.82, 2.24) is 15.1 Å². The van der Waals surface area contributed by atoms with Gasteiger partial charge in [0.25, 0.3) is 5.22 Å². The van der Waals surface area contributed by atoms with E-state index in [-0.39, 0.29) is 11.7 Å². The molecule has 2 aromatic rings. The molecule has 0 spiro atoms. The first-order chi connectivity index (χ1) is 12.1. The summed E-state index contributed by atoms with van der Waals surface area (Å²) in [6.07, 6.45) is 2.13. The van der Waals surface area contributed by atoms with E-state index in [2.05, 4.69) is 22.4 Å². The molecule has 134 valence electrons. The van der Waals surface area contributed by atoms with Crippen LogP contribution in [0.4, 0.5) is 10.1 Å². The van der Waals surface area contributed by atoms with Crippen LogP contribution in [0.25, 0.3) is 0 Å². The van der Waals surface area contributed by atoms with Crippen molar-refractivity contribution in [2.24, 2.45) is 5.92 Å². The van der Waals surface area contributed by atoms with E-state index < -0.39 is 0 Å². The van der Waals surface area contributed by atoms with Gasteiger partial charge in [-0.25, -0.2) is 4.39 Å². The van der Waals surface area contributed by atoms with Gasteiger partial charge in [0, 0.05) is 18.8 Å². The van der Waals surface area contributed by atoms with E-state index in [1.165, 1.54) is 23.9 Å². The van der Waals surface area contributed by atoms with Crippen LogP contribution < -0.4 is 5.32 Å². The SMILES string of the molecule is CC1CCN(C(=O)CSc2nnc(CNc3ccc(F)cc3)o2)CC1. The number of rotatable bonds is 6. The van der Waals surface area contributed by atoms with Gasteiger partial charge in [0.05, 0.1) is 12.3 Å². The largest absolute Gasteiger partial charge is 0.414 e. The molecule has 0 bridgehead atoms. The maximum absolute atomic E-state index is 12.9. The van der Waals surface area contributed by atoms with Crippen LogP contribution in [0.15, 0.2) is 33.9 Å². The van der Waals surface area contributed by atoms with Crippen molar-refractivity contribution >= 4 is 23.4 Å². The maximum Gasteiger partial charge on any atom is 0.277 e. The van der Waals surface area contributed by atoms with Gasteiger partial charge in [-0.1, -0.05) is 18.7 Å². The Morgan fingerprint density at radius 1 is 1.32 bits per heavy atom. The monoisotopic (exact) mass is 364 g/mol. The fourth-order valence-electron chi connectivity index (χ4n) is 2.59. The second-order valence-corrected chi connectivity index (χ2v) is 7.10. The van der Waals surface area contributed by atoms with E-state index in [9.17, 15) is 9.18 Å². The summed E-state index contributed by atoms with van der Waals surface area (Å²) in [5.74, 6) is 1.26. The van der Waals surface area contributed by atoms with Crippen LogP contribution >= 0.6 is 11.8 Å². The first-order valence-electron chi connectivity index (χ1n) is 8.32. The molecular weight excluding hydrogens is 343 g/mol. The fourth-order valence-corrected chi connectivity index (χ4v) is 3.27. The highest BCUT2D eigenvalue weighted by Crippen LogP contribution is 2.20. The zero-order valence-corrected chi connectivity index (χ0v) is 14.9. The van der Waals surface area contributed by atoms with E-state index in [1.54, 1.807) is 12.1 Å². The second-order valence-electron chi connectivity index (χ2n) is 6.17. The lowest BCUT2D eigenvalue weighted by Gasteiger charge is -2.30. The smallest absolute Gasteiger partial charge is 0.277 e. The van der Waals surface area contributed by atoms with Gasteiger partial charge < -0.3 is 14.6 Å². The predicted octanol–water partition coefficient (Wildman–Crippen LogP) is 3.17. The molecule has 2 heterocycles. The lowest BCUT2D eigenvalue weighted by molar-refractivity contribution is -0.129. The normalized spacial score (nSPS) is 15.4. The van der Waals surface area contributed by atoms with Crippen LogP contribution in [-0.4, -0.2) is 39.8 Å². The van der Waals surface area contributed by atoms with Gasteiger partial charge in [0.1, 0.15) is 5.82 Å². The quantitative estimate of drug-likeness (QED) is 0.794. The molecule has 8 heteroatoms. The highest BCUT2D eigenvalue weighted by molar-refractivity contribution is 7.99. The molecule has 25 heavy (non-hydrogen) atoms. The number of halogens is 1. The Morgan fingerprint density at radius 3 is 2.76 bits per heavy atom. The van der Waals surface area contributed by atoms with Gasteiger partial charge in [-0.2, -0.15) is 0 Å². The molecule has 1 fully saturated rings. The van der Waals surface area contributed by atoms with Crippen molar-refractivity contribution in [1.29, 1.82) is 0 Å². The molecule has 1 aromatic carbocycles. The second kappa shape index (κ2) is 8.33. The van der Waals surface area contributed by atoms with Crippen molar-refractivity contribution in [3.05, 3.63) is 36.0 Å². The van der Waals surface area contributed by atoms with E-state index in [1.807, 2.05) is 4.90 Å². The third kappa shape index (κ3) is 5.19. The minimum absolute atomic E-state index is 0.112. The number of piperidine rings is 1. The first-order valence-corrected chi connectivity index (χ1v) is 9.31. The number of carbonyl (C=O) groups is 1. The molecule has 6 nitrogen and oxygen atoms in total. The van der Waals surface area contributed by atoms with E-state index in [4.69, 9.17) is 4.42 Å². The molecule has 0 unspecified atom stereocenters. The minimum Gasteiger partial charge on any atom is -0.414 e. The van der Waals surface area contributed by atoms with Gasteiger partial charge in [-0.3, -0.25) is 4.79 Å². The highest BCUT2D eigenvalue weighted by Gasteiger charge is 2.21. The fraction of sp³-hybridized carbons (Fsp3) is 0.471. The summed E-state index contributed by atoms with van der Waals surface area (Å²) >= 11 is 1.26. The topological polar surface area (TPSA) is 71.3 Å². The lowest BCUT2D eigenvalue weighted by Crippen LogP contribution is -2.38.